The summed E-state index contributed by atoms with van der Waals surface area (Å²) in [5.74, 6) is -1.05. The van der Waals surface area contributed by atoms with Gasteiger partial charge < -0.3 is 9.47 Å². The topological polar surface area (TPSA) is 24.9 Å². The first kappa shape index (κ1) is 17.4. The van der Waals surface area contributed by atoms with Gasteiger partial charge in [-0.2, -0.15) is 0 Å². The molecule has 4 aliphatic rings. The van der Waals surface area contributed by atoms with Crippen LogP contribution in [0.4, 0.5) is 8.78 Å². The fourth-order valence-electron chi connectivity index (χ4n) is 4.88. The van der Waals surface area contributed by atoms with Crippen LogP contribution in [0.15, 0.2) is 23.1 Å². The lowest BCUT2D eigenvalue weighted by Crippen LogP contribution is -2.60. The van der Waals surface area contributed by atoms with E-state index in [-0.39, 0.29) is 5.60 Å². The van der Waals surface area contributed by atoms with Crippen molar-refractivity contribution in [3.05, 3.63) is 29.8 Å². The van der Waals surface area contributed by atoms with Crippen LogP contribution in [0.3, 0.4) is 0 Å². The molecule has 0 amide bonds. The van der Waals surface area contributed by atoms with Crippen LogP contribution in [-0.2, 0) is 9.47 Å². The van der Waals surface area contributed by atoms with Crippen molar-refractivity contribution in [1.29, 1.82) is 0 Å². The molecular weight excluding hydrogens is 358 g/mol. The van der Waals surface area contributed by atoms with E-state index in [1.807, 2.05) is 0 Å². The van der Waals surface area contributed by atoms with Gasteiger partial charge in [0.25, 0.3) is 0 Å². The molecule has 3 heterocycles. The lowest BCUT2D eigenvalue weighted by molar-refractivity contribution is -0.185. The molecule has 1 unspecified atom stereocenters. The molecule has 3 aliphatic heterocycles. The Kier molecular flexibility index (Phi) is 4.29. The molecule has 0 bridgehead atoms. The van der Waals surface area contributed by atoms with E-state index in [4.69, 9.17) is 9.47 Å². The normalized spacial score (nSPS) is 32.1. The SMILES string of the molecule is Fc1cc(F)cc(SN2CCOC3(CCN(C4CC5(COC5)C4)C3)C2)c1. The second kappa shape index (κ2) is 6.41. The first-order valence-electron chi connectivity index (χ1n) is 9.38. The van der Waals surface area contributed by atoms with Crippen molar-refractivity contribution in [3.63, 3.8) is 0 Å². The molecule has 7 heteroatoms. The molecule has 3 saturated heterocycles. The van der Waals surface area contributed by atoms with Gasteiger partial charge in [0, 0.05) is 48.6 Å². The van der Waals surface area contributed by atoms with Crippen LogP contribution < -0.4 is 0 Å². The first-order valence-corrected chi connectivity index (χ1v) is 10.2. The Balaban J connectivity index is 1.20. The van der Waals surface area contributed by atoms with Gasteiger partial charge >= 0.3 is 0 Å². The van der Waals surface area contributed by atoms with Crippen LogP contribution in [0.5, 0.6) is 0 Å². The van der Waals surface area contributed by atoms with Crippen molar-refractivity contribution < 1.29 is 18.3 Å². The van der Waals surface area contributed by atoms with Gasteiger partial charge in [-0.3, -0.25) is 4.90 Å². The van der Waals surface area contributed by atoms with Gasteiger partial charge in [0.1, 0.15) is 11.6 Å². The van der Waals surface area contributed by atoms with Crippen molar-refractivity contribution in [2.75, 3.05) is 46.0 Å². The van der Waals surface area contributed by atoms with E-state index >= 15 is 0 Å². The Morgan fingerprint density at radius 1 is 1.04 bits per heavy atom. The third-order valence-corrected chi connectivity index (χ3v) is 7.32. The van der Waals surface area contributed by atoms with E-state index in [1.54, 1.807) is 0 Å². The van der Waals surface area contributed by atoms with Crippen LogP contribution in [0.25, 0.3) is 0 Å². The summed E-state index contributed by atoms with van der Waals surface area (Å²) in [5, 5.41) is 0. The molecule has 0 radical (unpaired) electrons. The number of ether oxygens (including phenoxy) is 2. The second-order valence-electron chi connectivity index (χ2n) is 8.37. The van der Waals surface area contributed by atoms with Crippen LogP contribution in [0, 0.1) is 17.0 Å². The van der Waals surface area contributed by atoms with E-state index in [1.165, 1.54) is 36.9 Å². The van der Waals surface area contributed by atoms with Gasteiger partial charge in [-0.1, -0.05) is 0 Å². The number of rotatable bonds is 3. The number of benzene rings is 1. The summed E-state index contributed by atoms with van der Waals surface area (Å²) in [7, 11) is 0. The maximum atomic E-state index is 13.4. The van der Waals surface area contributed by atoms with Crippen molar-refractivity contribution in [3.8, 4) is 0 Å². The minimum Gasteiger partial charge on any atom is -0.380 e. The summed E-state index contributed by atoms with van der Waals surface area (Å²) in [6.45, 7) is 6.15. The highest BCUT2D eigenvalue weighted by Gasteiger charge is 2.54. The fourth-order valence-corrected chi connectivity index (χ4v) is 5.97. The predicted molar refractivity (Wildman–Crippen MR) is 94.9 cm³/mol. The summed E-state index contributed by atoms with van der Waals surface area (Å²) in [6.07, 6.45) is 3.54. The maximum absolute atomic E-state index is 13.4. The Labute approximate surface area is 156 Å². The monoisotopic (exact) mass is 382 g/mol. The van der Waals surface area contributed by atoms with E-state index in [0.717, 1.165) is 51.9 Å². The molecule has 5 rings (SSSR count). The highest BCUT2D eigenvalue weighted by atomic mass is 32.2. The standard InChI is InChI=1S/C19H24F2N2O2S/c20-14-5-15(21)7-17(6-14)26-23-3-4-25-19(11-23)1-2-22(10-19)16-8-18(9-16)12-24-13-18/h5-7,16H,1-4,8-13H2. The van der Waals surface area contributed by atoms with Crippen molar-refractivity contribution >= 4 is 11.9 Å². The molecule has 0 aromatic heterocycles. The molecule has 1 aromatic rings. The first-order chi connectivity index (χ1) is 12.5. The molecule has 1 saturated carbocycles. The van der Waals surface area contributed by atoms with E-state index in [9.17, 15) is 8.78 Å². The van der Waals surface area contributed by atoms with Gasteiger partial charge in [0.05, 0.1) is 25.4 Å². The minimum absolute atomic E-state index is 0.143. The number of hydrogen-bond acceptors (Lipinski definition) is 5. The van der Waals surface area contributed by atoms with Crippen LogP contribution in [-0.4, -0.2) is 66.8 Å². The van der Waals surface area contributed by atoms with Gasteiger partial charge in [-0.05, 0) is 43.3 Å². The summed E-state index contributed by atoms with van der Waals surface area (Å²) in [6, 6.07) is 4.37. The summed E-state index contributed by atoms with van der Waals surface area (Å²) >= 11 is 1.43. The molecule has 2 spiro atoms. The van der Waals surface area contributed by atoms with E-state index in [2.05, 4.69) is 9.21 Å². The zero-order valence-electron chi connectivity index (χ0n) is 14.8. The van der Waals surface area contributed by atoms with Gasteiger partial charge in [0.15, 0.2) is 0 Å². The quantitative estimate of drug-likeness (QED) is 0.749. The number of likely N-dealkylation sites (tertiary alicyclic amines) is 1. The Bertz CT molecular complexity index is 674. The van der Waals surface area contributed by atoms with E-state index in [0.29, 0.717) is 23.0 Å². The number of morpholine rings is 1. The average molecular weight is 382 g/mol. The molecule has 4 fully saturated rings. The Morgan fingerprint density at radius 2 is 1.81 bits per heavy atom. The third-order valence-electron chi connectivity index (χ3n) is 6.30. The summed E-state index contributed by atoms with van der Waals surface area (Å²) < 4.78 is 40.7. The Morgan fingerprint density at radius 3 is 2.50 bits per heavy atom. The lowest BCUT2D eigenvalue weighted by atomic mass is 9.63. The highest BCUT2D eigenvalue weighted by Crippen LogP contribution is 2.50. The summed E-state index contributed by atoms with van der Waals surface area (Å²) in [5.41, 5.74) is 0.340. The summed E-state index contributed by atoms with van der Waals surface area (Å²) in [4.78, 5) is 3.19. The third kappa shape index (κ3) is 3.18. The zero-order valence-corrected chi connectivity index (χ0v) is 15.6. The predicted octanol–water partition coefficient (Wildman–Crippen LogP) is 2.93. The lowest BCUT2D eigenvalue weighted by Gasteiger charge is -2.56. The van der Waals surface area contributed by atoms with Gasteiger partial charge in [-0.25, -0.2) is 13.1 Å². The highest BCUT2D eigenvalue weighted by molar-refractivity contribution is 7.97. The molecular formula is C19H24F2N2O2S. The average Bonchev–Trinajstić information content (AvgIpc) is 2.86. The molecule has 1 aromatic carbocycles. The molecule has 0 N–H and O–H groups in total. The van der Waals surface area contributed by atoms with Crippen molar-refractivity contribution in [2.24, 2.45) is 5.41 Å². The Hall–Kier alpha value is -0.730. The molecule has 142 valence electrons. The van der Waals surface area contributed by atoms with Crippen molar-refractivity contribution in [2.45, 2.75) is 35.8 Å². The van der Waals surface area contributed by atoms with Gasteiger partial charge in [0.2, 0.25) is 0 Å². The minimum atomic E-state index is -0.526. The fraction of sp³-hybridized carbons (Fsp3) is 0.684. The largest absolute Gasteiger partial charge is 0.380 e. The van der Waals surface area contributed by atoms with Crippen molar-refractivity contribution in [1.82, 2.24) is 9.21 Å². The van der Waals surface area contributed by atoms with Crippen LogP contribution in [0.1, 0.15) is 19.3 Å². The number of hydrogen-bond donors (Lipinski definition) is 0. The van der Waals surface area contributed by atoms with Crippen LogP contribution >= 0.6 is 11.9 Å². The van der Waals surface area contributed by atoms with Gasteiger partial charge in [-0.15, -0.1) is 0 Å². The molecule has 1 atom stereocenters. The van der Waals surface area contributed by atoms with Crippen LogP contribution in [0.2, 0.25) is 0 Å². The molecule has 4 nitrogen and oxygen atoms in total. The number of halogens is 2. The number of nitrogens with zero attached hydrogens (tertiary/aromatic N) is 2. The second-order valence-corrected chi connectivity index (χ2v) is 9.54. The maximum Gasteiger partial charge on any atom is 0.127 e. The molecule has 1 aliphatic carbocycles. The molecule has 26 heavy (non-hydrogen) atoms. The smallest absolute Gasteiger partial charge is 0.127 e. The zero-order chi connectivity index (χ0) is 17.8. The van der Waals surface area contributed by atoms with E-state index < -0.39 is 11.6 Å².